The Morgan fingerprint density at radius 1 is 0.721 bits per heavy atom. The molecule has 0 radical (unpaired) electrons. The van der Waals surface area contributed by atoms with Crippen LogP contribution in [-0.4, -0.2) is 63.7 Å². The molecule has 0 aliphatic carbocycles. The van der Waals surface area contributed by atoms with Crippen molar-refractivity contribution in [2.45, 2.75) is 0 Å². The van der Waals surface area contributed by atoms with Gasteiger partial charge in [0.1, 0.15) is 11.6 Å². The highest BCUT2D eigenvalue weighted by molar-refractivity contribution is 5.87. The van der Waals surface area contributed by atoms with E-state index in [1.54, 1.807) is 54.9 Å². The van der Waals surface area contributed by atoms with Gasteiger partial charge in [-0.15, -0.1) is 0 Å². The fourth-order valence-electron chi connectivity index (χ4n) is 3.75. The molecule has 0 aromatic carbocycles. The van der Waals surface area contributed by atoms with Crippen LogP contribution in [0.25, 0.3) is 34.2 Å². The molecule has 12 nitrogen and oxygen atoms in total. The first-order chi connectivity index (χ1) is 20.8. The molecule has 0 bridgehead atoms. The Morgan fingerprint density at radius 3 is 1.67 bits per heavy atom. The summed E-state index contributed by atoms with van der Waals surface area (Å²) in [5, 5.41) is 17.5. The van der Waals surface area contributed by atoms with Gasteiger partial charge in [-0.3, -0.25) is 9.97 Å². The Bertz CT molecular complexity index is 1920. The smallest absolute Gasteiger partial charge is 0.356 e. The number of carboxylic acid groups (broad SMARTS) is 1. The van der Waals surface area contributed by atoms with Crippen molar-refractivity contribution in [3.8, 4) is 34.2 Å². The lowest BCUT2D eigenvalue weighted by molar-refractivity contribution is 0.0593. The van der Waals surface area contributed by atoms with Crippen LogP contribution in [0.4, 0.5) is 8.78 Å². The molecule has 0 fully saturated rings. The van der Waals surface area contributed by atoms with Crippen LogP contribution in [0.1, 0.15) is 21.0 Å². The van der Waals surface area contributed by atoms with Gasteiger partial charge in [0.25, 0.3) is 0 Å². The number of carbonyl (C=O) groups is 2. The second-order valence-corrected chi connectivity index (χ2v) is 8.63. The van der Waals surface area contributed by atoms with Gasteiger partial charge in [-0.05, 0) is 48.5 Å². The predicted octanol–water partition coefficient (Wildman–Crippen LogP) is 4.42. The van der Waals surface area contributed by atoms with Gasteiger partial charge in [0.05, 0.1) is 30.9 Å². The van der Waals surface area contributed by atoms with Crippen LogP contribution >= 0.6 is 0 Å². The summed E-state index contributed by atoms with van der Waals surface area (Å²) in [6.45, 7) is 0. The van der Waals surface area contributed by atoms with Gasteiger partial charge in [0.15, 0.2) is 23.0 Å². The van der Waals surface area contributed by atoms with Crippen LogP contribution in [0.5, 0.6) is 0 Å². The van der Waals surface area contributed by atoms with E-state index < -0.39 is 23.6 Å². The SMILES string of the molecule is COC(=O)c1cccc(-n2ccc(-c3cncc(F)c3)n2)n1.O=C(O)c1cccc(-n2ccc(-c3cncc(F)c3)n2)n1. The fraction of sp³-hybridized carbons (Fsp3) is 0.0345. The van der Waals surface area contributed by atoms with Gasteiger partial charge in [-0.1, -0.05) is 12.1 Å². The molecule has 0 saturated carbocycles. The van der Waals surface area contributed by atoms with Crippen LogP contribution in [0.2, 0.25) is 0 Å². The van der Waals surface area contributed by atoms with Crippen LogP contribution in [0.15, 0.2) is 97.8 Å². The molecule has 14 heteroatoms. The highest BCUT2D eigenvalue weighted by atomic mass is 19.1. The molecule has 6 rings (SSSR count). The zero-order chi connectivity index (χ0) is 30.3. The number of esters is 1. The summed E-state index contributed by atoms with van der Waals surface area (Å²) >= 11 is 0. The highest BCUT2D eigenvalue weighted by Crippen LogP contribution is 2.19. The molecule has 6 aromatic rings. The van der Waals surface area contributed by atoms with Crippen molar-refractivity contribution in [1.82, 2.24) is 39.5 Å². The number of halogens is 2. The lowest BCUT2D eigenvalue weighted by Gasteiger charge is -2.03. The molecule has 214 valence electrons. The lowest BCUT2D eigenvalue weighted by Crippen LogP contribution is -2.07. The molecule has 0 saturated heterocycles. The average Bonchev–Trinajstić information content (AvgIpc) is 3.73. The van der Waals surface area contributed by atoms with E-state index in [2.05, 4.69) is 34.9 Å². The van der Waals surface area contributed by atoms with Crippen LogP contribution < -0.4 is 0 Å². The van der Waals surface area contributed by atoms with E-state index in [9.17, 15) is 18.4 Å². The molecule has 0 atom stereocenters. The summed E-state index contributed by atoms with van der Waals surface area (Å²) in [6.07, 6.45) is 8.54. The monoisotopic (exact) mass is 582 g/mol. The number of ether oxygens (including phenoxy) is 1. The van der Waals surface area contributed by atoms with E-state index in [4.69, 9.17) is 5.11 Å². The number of carbonyl (C=O) groups excluding carboxylic acids is 1. The summed E-state index contributed by atoms with van der Waals surface area (Å²) in [4.78, 5) is 38.1. The van der Waals surface area contributed by atoms with E-state index in [0.29, 0.717) is 34.2 Å². The number of hydrogen-bond donors (Lipinski definition) is 1. The van der Waals surface area contributed by atoms with Gasteiger partial charge in [-0.25, -0.2) is 37.7 Å². The van der Waals surface area contributed by atoms with E-state index in [0.717, 1.165) is 12.4 Å². The van der Waals surface area contributed by atoms with Crippen molar-refractivity contribution < 1.29 is 28.2 Å². The topological polar surface area (TPSA) is 151 Å². The Labute approximate surface area is 241 Å². The second kappa shape index (κ2) is 12.6. The Hall–Kier alpha value is -6.18. The predicted molar refractivity (Wildman–Crippen MR) is 147 cm³/mol. The third-order valence-electron chi connectivity index (χ3n) is 5.73. The van der Waals surface area contributed by atoms with Crippen molar-refractivity contribution in [3.63, 3.8) is 0 Å². The minimum atomic E-state index is -1.11. The van der Waals surface area contributed by atoms with Crippen molar-refractivity contribution >= 4 is 11.9 Å². The quantitative estimate of drug-likeness (QED) is 0.280. The molecule has 0 spiro atoms. The number of aromatic carboxylic acids is 1. The van der Waals surface area contributed by atoms with Gasteiger partial charge in [0, 0.05) is 35.9 Å². The number of aromatic nitrogens is 8. The minimum Gasteiger partial charge on any atom is -0.477 e. The summed E-state index contributed by atoms with van der Waals surface area (Å²) in [6, 6.07) is 15.6. The molecule has 0 amide bonds. The van der Waals surface area contributed by atoms with E-state index >= 15 is 0 Å². The lowest BCUT2D eigenvalue weighted by atomic mass is 10.2. The van der Waals surface area contributed by atoms with Gasteiger partial charge in [-0.2, -0.15) is 10.2 Å². The standard InChI is InChI=1S/C15H11FN4O2.C14H9FN4O2/c1-22-15(21)13-3-2-4-14(18-13)20-6-5-12(19-20)10-7-11(16)9-17-8-10;15-10-6-9(7-16-8-10)11-4-5-19(18-11)13-3-1-2-12(17-13)14(20)21/h2-9H,1H3;1-8H,(H,20,21). The molecule has 0 unspecified atom stereocenters. The van der Waals surface area contributed by atoms with Crippen molar-refractivity contribution in [1.29, 1.82) is 0 Å². The zero-order valence-corrected chi connectivity index (χ0v) is 22.2. The van der Waals surface area contributed by atoms with Crippen LogP contribution in [-0.2, 0) is 4.74 Å². The van der Waals surface area contributed by atoms with Gasteiger partial charge >= 0.3 is 11.9 Å². The minimum absolute atomic E-state index is 0.0722. The molecule has 43 heavy (non-hydrogen) atoms. The number of rotatable bonds is 6. The Kier molecular flexibility index (Phi) is 8.28. The average molecular weight is 583 g/mol. The number of carboxylic acids is 1. The largest absolute Gasteiger partial charge is 0.477 e. The molecule has 6 aromatic heterocycles. The van der Waals surface area contributed by atoms with E-state index in [1.165, 1.54) is 47.1 Å². The summed E-state index contributed by atoms with van der Waals surface area (Å²) in [5.74, 6) is -1.70. The van der Waals surface area contributed by atoms with E-state index in [-0.39, 0.29) is 11.4 Å². The Morgan fingerprint density at radius 2 is 1.21 bits per heavy atom. The number of hydrogen-bond acceptors (Lipinski definition) is 9. The van der Waals surface area contributed by atoms with Crippen molar-refractivity contribution in [2.24, 2.45) is 0 Å². The number of methoxy groups -OCH3 is 1. The molecule has 1 N–H and O–H groups in total. The molecule has 0 aliphatic rings. The maximum absolute atomic E-state index is 13.2. The summed E-state index contributed by atoms with van der Waals surface area (Å²) in [5.41, 5.74) is 2.27. The fourth-order valence-corrected chi connectivity index (χ4v) is 3.75. The first-order valence-electron chi connectivity index (χ1n) is 12.4. The Balaban J connectivity index is 0.000000171. The molecular weight excluding hydrogens is 562 g/mol. The van der Waals surface area contributed by atoms with Crippen LogP contribution in [0, 0.1) is 11.6 Å². The normalized spacial score (nSPS) is 10.5. The number of pyridine rings is 4. The highest BCUT2D eigenvalue weighted by Gasteiger charge is 2.11. The van der Waals surface area contributed by atoms with Gasteiger partial charge in [0.2, 0.25) is 0 Å². The molecule has 6 heterocycles. The maximum atomic E-state index is 13.2. The molecule has 0 aliphatic heterocycles. The zero-order valence-electron chi connectivity index (χ0n) is 22.2. The first-order valence-corrected chi connectivity index (χ1v) is 12.4. The van der Waals surface area contributed by atoms with Crippen LogP contribution in [0.3, 0.4) is 0 Å². The molecular formula is C29H20F2N8O4. The number of nitrogens with zero attached hydrogens (tertiary/aromatic N) is 8. The maximum Gasteiger partial charge on any atom is 0.356 e. The summed E-state index contributed by atoms with van der Waals surface area (Å²) in [7, 11) is 1.29. The first kappa shape index (κ1) is 28.4. The van der Waals surface area contributed by atoms with Crippen molar-refractivity contribution in [2.75, 3.05) is 7.11 Å². The van der Waals surface area contributed by atoms with E-state index in [1.807, 2.05) is 0 Å². The summed E-state index contributed by atoms with van der Waals surface area (Å²) < 4.78 is 33.9. The van der Waals surface area contributed by atoms with Gasteiger partial charge < -0.3 is 9.84 Å². The second-order valence-electron chi connectivity index (χ2n) is 8.63. The third-order valence-corrected chi connectivity index (χ3v) is 5.73. The third kappa shape index (κ3) is 6.77. The van der Waals surface area contributed by atoms with Crippen molar-refractivity contribution in [3.05, 3.63) is 121 Å².